The fraction of sp³-hybridized carbons (Fsp3) is 0.267. The molecule has 1 unspecified atom stereocenters. The average molecular weight is 332 g/mol. The molecule has 120 valence electrons. The zero-order valence-electron chi connectivity index (χ0n) is 12.7. The molecular weight excluding hydrogens is 316 g/mol. The molecule has 23 heavy (non-hydrogen) atoms. The maximum absolute atomic E-state index is 12.2. The number of aliphatic hydroxyl groups is 1. The smallest absolute Gasteiger partial charge is 0.270 e. The van der Waals surface area contributed by atoms with Gasteiger partial charge in [-0.05, 0) is 19.1 Å². The molecule has 8 heteroatoms. The summed E-state index contributed by atoms with van der Waals surface area (Å²) in [6.07, 6.45) is 4.84. The van der Waals surface area contributed by atoms with Crippen LogP contribution < -0.4 is 5.32 Å². The Morgan fingerprint density at radius 2 is 2.39 bits per heavy atom. The maximum Gasteiger partial charge on any atom is 0.270 e. The molecule has 3 aromatic rings. The molecule has 2 N–H and O–H groups in total. The van der Waals surface area contributed by atoms with E-state index in [9.17, 15) is 9.90 Å². The second-order valence-corrected chi connectivity index (χ2v) is 6.23. The SMILES string of the molecule is Cn1cc(C(C)(O)CNC(=O)c2csc(-c3ccco3)n2)cn1. The Morgan fingerprint density at radius 1 is 1.57 bits per heavy atom. The monoisotopic (exact) mass is 332 g/mol. The van der Waals surface area contributed by atoms with Crippen LogP contribution in [0.4, 0.5) is 0 Å². The Balaban J connectivity index is 1.65. The molecule has 3 rings (SSSR count). The first-order chi connectivity index (χ1) is 11.0. The van der Waals surface area contributed by atoms with E-state index in [0.717, 1.165) is 0 Å². The number of nitrogens with one attached hydrogen (secondary N) is 1. The van der Waals surface area contributed by atoms with Crippen LogP contribution in [0.15, 0.2) is 40.6 Å². The predicted octanol–water partition coefficient (Wildman–Crippen LogP) is 1.77. The largest absolute Gasteiger partial charge is 0.462 e. The first-order valence-electron chi connectivity index (χ1n) is 6.95. The van der Waals surface area contributed by atoms with Crippen LogP contribution in [0.5, 0.6) is 0 Å². The summed E-state index contributed by atoms with van der Waals surface area (Å²) in [5.41, 5.74) is -0.276. The van der Waals surface area contributed by atoms with Gasteiger partial charge in [0.05, 0.1) is 19.0 Å². The molecule has 3 heterocycles. The van der Waals surface area contributed by atoms with Crippen LogP contribution in [-0.4, -0.2) is 32.3 Å². The van der Waals surface area contributed by atoms with E-state index in [0.29, 0.717) is 22.0 Å². The molecule has 0 aromatic carbocycles. The lowest BCUT2D eigenvalue weighted by atomic mass is 10.00. The molecule has 7 nitrogen and oxygen atoms in total. The normalized spacial score (nSPS) is 13.7. The number of nitrogens with zero attached hydrogens (tertiary/aromatic N) is 3. The van der Waals surface area contributed by atoms with E-state index in [1.54, 1.807) is 54.8 Å². The number of hydrogen-bond donors (Lipinski definition) is 2. The summed E-state index contributed by atoms with van der Waals surface area (Å²) in [7, 11) is 1.77. The van der Waals surface area contributed by atoms with E-state index in [-0.39, 0.29) is 12.5 Å². The van der Waals surface area contributed by atoms with Crippen molar-refractivity contribution in [2.75, 3.05) is 6.54 Å². The maximum atomic E-state index is 12.2. The van der Waals surface area contributed by atoms with Gasteiger partial charge in [0.15, 0.2) is 10.8 Å². The highest BCUT2D eigenvalue weighted by atomic mass is 32.1. The molecular formula is C15H16N4O3S. The van der Waals surface area contributed by atoms with E-state index in [4.69, 9.17) is 4.42 Å². The molecule has 1 amide bonds. The number of carbonyl (C=O) groups excluding carboxylic acids is 1. The van der Waals surface area contributed by atoms with Gasteiger partial charge in [0.2, 0.25) is 0 Å². The highest BCUT2D eigenvalue weighted by molar-refractivity contribution is 7.13. The molecule has 1 atom stereocenters. The Labute approximate surface area is 136 Å². The van der Waals surface area contributed by atoms with E-state index < -0.39 is 5.60 Å². The number of carbonyl (C=O) groups is 1. The number of hydrogen-bond acceptors (Lipinski definition) is 6. The first kappa shape index (κ1) is 15.4. The van der Waals surface area contributed by atoms with Gasteiger partial charge < -0.3 is 14.8 Å². The van der Waals surface area contributed by atoms with Gasteiger partial charge in [0.1, 0.15) is 11.3 Å². The molecule has 0 aliphatic rings. The van der Waals surface area contributed by atoms with Crippen molar-refractivity contribution in [3.63, 3.8) is 0 Å². The minimum absolute atomic E-state index is 0.0607. The predicted molar refractivity (Wildman–Crippen MR) is 84.9 cm³/mol. The molecule has 0 aliphatic carbocycles. The van der Waals surface area contributed by atoms with E-state index >= 15 is 0 Å². The summed E-state index contributed by atoms with van der Waals surface area (Å²) in [5, 5.41) is 19.5. The van der Waals surface area contributed by atoms with Crippen molar-refractivity contribution < 1.29 is 14.3 Å². The van der Waals surface area contributed by atoms with Crippen molar-refractivity contribution in [3.05, 3.63) is 47.4 Å². The van der Waals surface area contributed by atoms with Crippen molar-refractivity contribution >= 4 is 17.2 Å². The van der Waals surface area contributed by atoms with Crippen LogP contribution in [0, 0.1) is 0 Å². The summed E-state index contributed by atoms with van der Waals surface area (Å²) in [6.45, 7) is 1.69. The standard InChI is InChI=1S/C15H16N4O3S/c1-15(21,10-6-17-19(2)7-10)9-16-13(20)11-8-23-14(18-11)12-4-3-5-22-12/h3-8,21H,9H2,1-2H3,(H,16,20). The molecule has 0 saturated carbocycles. The third-order valence-corrected chi connectivity index (χ3v) is 4.25. The summed E-state index contributed by atoms with van der Waals surface area (Å²) in [5.74, 6) is 0.277. The molecule has 0 radical (unpaired) electrons. The second kappa shape index (κ2) is 5.98. The van der Waals surface area contributed by atoms with E-state index in [2.05, 4.69) is 15.4 Å². The Morgan fingerprint density at radius 3 is 3.04 bits per heavy atom. The van der Waals surface area contributed by atoms with Crippen LogP contribution in [0.3, 0.4) is 0 Å². The number of amides is 1. The zero-order chi connectivity index (χ0) is 16.4. The number of thiazole rings is 1. The number of furan rings is 1. The highest BCUT2D eigenvalue weighted by Gasteiger charge is 2.26. The van der Waals surface area contributed by atoms with E-state index in [1.807, 2.05) is 0 Å². The Hall–Kier alpha value is -2.45. The molecule has 0 aliphatic heterocycles. The zero-order valence-corrected chi connectivity index (χ0v) is 13.5. The quantitative estimate of drug-likeness (QED) is 0.743. The fourth-order valence-electron chi connectivity index (χ4n) is 2.04. The second-order valence-electron chi connectivity index (χ2n) is 5.37. The van der Waals surface area contributed by atoms with Crippen molar-refractivity contribution in [2.24, 2.45) is 7.05 Å². The summed E-state index contributed by atoms with van der Waals surface area (Å²) >= 11 is 1.33. The van der Waals surface area contributed by atoms with Crippen molar-refractivity contribution in [1.29, 1.82) is 0 Å². The molecule has 0 bridgehead atoms. The van der Waals surface area contributed by atoms with Gasteiger partial charge in [0.25, 0.3) is 5.91 Å². The molecule has 0 fully saturated rings. The van der Waals surface area contributed by atoms with Crippen LogP contribution in [0.2, 0.25) is 0 Å². The Kier molecular flexibility index (Phi) is 4.01. The van der Waals surface area contributed by atoms with Crippen LogP contribution >= 0.6 is 11.3 Å². The highest BCUT2D eigenvalue weighted by Crippen LogP contribution is 2.24. The van der Waals surface area contributed by atoms with Gasteiger partial charge in [-0.2, -0.15) is 5.10 Å². The third kappa shape index (κ3) is 3.33. The van der Waals surface area contributed by atoms with Gasteiger partial charge >= 0.3 is 0 Å². The van der Waals surface area contributed by atoms with Gasteiger partial charge in [0, 0.05) is 24.2 Å². The molecule has 0 spiro atoms. The molecule has 3 aromatic heterocycles. The lowest BCUT2D eigenvalue weighted by Gasteiger charge is -2.21. The minimum Gasteiger partial charge on any atom is -0.462 e. The average Bonchev–Trinajstić information content (AvgIpc) is 3.24. The third-order valence-electron chi connectivity index (χ3n) is 3.39. The topological polar surface area (TPSA) is 93.2 Å². The lowest BCUT2D eigenvalue weighted by Crippen LogP contribution is -2.38. The number of rotatable bonds is 5. The first-order valence-corrected chi connectivity index (χ1v) is 7.83. The number of aryl methyl sites for hydroxylation is 1. The summed E-state index contributed by atoms with van der Waals surface area (Å²) in [4.78, 5) is 16.4. The van der Waals surface area contributed by atoms with Crippen molar-refractivity contribution in [3.8, 4) is 10.8 Å². The summed E-state index contributed by atoms with van der Waals surface area (Å²) < 4.78 is 6.85. The van der Waals surface area contributed by atoms with Gasteiger partial charge in [-0.15, -0.1) is 11.3 Å². The van der Waals surface area contributed by atoms with Crippen LogP contribution in [0.1, 0.15) is 23.0 Å². The van der Waals surface area contributed by atoms with Crippen LogP contribution in [-0.2, 0) is 12.6 Å². The number of aromatic nitrogens is 3. The van der Waals surface area contributed by atoms with E-state index in [1.165, 1.54) is 11.3 Å². The lowest BCUT2D eigenvalue weighted by molar-refractivity contribution is 0.0524. The van der Waals surface area contributed by atoms with Crippen molar-refractivity contribution in [2.45, 2.75) is 12.5 Å². The minimum atomic E-state index is -1.20. The van der Waals surface area contributed by atoms with Crippen molar-refractivity contribution in [1.82, 2.24) is 20.1 Å². The van der Waals surface area contributed by atoms with Crippen LogP contribution in [0.25, 0.3) is 10.8 Å². The van der Waals surface area contributed by atoms with Gasteiger partial charge in [-0.25, -0.2) is 4.98 Å². The van der Waals surface area contributed by atoms with Gasteiger partial charge in [-0.3, -0.25) is 9.48 Å². The van der Waals surface area contributed by atoms with Gasteiger partial charge in [-0.1, -0.05) is 0 Å². The summed E-state index contributed by atoms with van der Waals surface area (Å²) in [6, 6.07) is 3.55. The Bertz CT molecular complexity index is 804. The molecule has 0 saturated heterocycles. The fourth-order valence-corrected chi connectivity index (χ4v) is 2.80.